The predicted molar refractivity (Wildman–Crippen MR) is 134 cm³/mol. The van der Waals surface area contributed by atoms with Gasteiger partial charge in [0.15, 0.2) is 11.6 Å². The number of benzene rings is 2. The number of carbonyl (C=O) groups excluding carboxylic acids is 2. The van der Waals surface area contributed by atoms with E-state index in [-0.39, 0.29) is 42.1 Å². The lowest BCUT2D eigenvalue weighted by molar-refractivity contribution is 0.0911. The van der Waals surface area contributed by atoms with Crippen molar-refractivity contribution in [2.45, 2.75) is 57.7 Å². The lowest BCUT2D eigenvalue weighted by Gasteiger charge is -2.32. The van der Waals surface area contributed by atoms with Gasteiger partial charge in [-0.25, -0.2) is 14.2 Å². The number of para-hydroxylation sites is 2. The molecule has 3 amide bonds. The number of ether oxygens (including phenoxy) is 1. The van der Waals surface area contributed by atoms with Crippen molar-refractivity contribution < 1.29 is 18.7 Å². The van der Waals surface area contributed by atoms with Crippen LogP contribution >= 0.6 is 11.3 Å². The van der Waals surface area contributed by atoms with Crippen molar-refractivity contribution in [2.24, 2.45) is 0 Å². The first-order valence-corrected chi connectivity index (χ1v) is 12.7. The predicted octanol–water partition coefficient (Wildman–Crippen LogP) is 5.29. The molecule has 0 bridgehead atoms. The molecule has 2 atom stereocenters. The van der Waals surface area contributed by atoms with Gasteiger partial charge in [-0.05, 0) is 43.0 Å². The van der Waals surface area contributed by atoms with Gasteiger partial charge in [-0.15, -0.1) is 11.3 Å². The topological polar surface area (TPSA) is 92.4 Å². The molecule has 4 rings (SSSR count). The number of nitrogens with zero attached hydrogens (tertiary/aromatic N) is 1. The highest BCUT2D eigenvalue weighted by molar-refractivity contribution is 7.09. The number of amides is 3. The summed E-state index contributed by atoms with van der Waals surface area (Å²) in [6, 6.07) is 13.2. The summed E-state index contributed by atoms with van der Waals surface area (Å²) in [7, 11) is 0. The number of hydrogen-bond acceptors (Lipinski definition) is 5. The highest BCUT2D eigenvalue weighted by Gasteiger charge is 2.29. The van der Waals surface area contributed by atoms with Crippen LogP contribution in [0.2, 0.25) is 0 Å². The second-order valence-electron chi connectivity index (χ2n) is 8.43. The van der Waals surface area contributed by atoms with Crippen LogP contribution in [0.3, 0.4) is 0 Å². The van der Waals surface area contributed by atoms with E-state index in [9.17, 15) is 14.0 Å². The Hall–Kier alpha value is -3.46. The van der Waals surface area contributed by atoms with Crippen molar-refractivity contribution >= 4 is 29.0 Å². The second kappa shape index (κ2) is 11.8. The van der Waals surface area contributed by atoms with Crippen LogP contribution in [0.5, 0.6) is 5.75 Å². The van der Waals surface area contributed by atoms with Crippen LogP contribution in [0.15, 0.2) is 53.9 Å². The van der Waals surface area contributed by atoms with E-state index in [1.165, 1.54) is 17.4 Å². The number of anilines is 1. The van der Waals surface area contributed by atoms with Crippen molar-refractivity contribution in [3.8, 4) is 5.75 Å². The summed E-state index contributed by atoms with van der Waals surface area (Å²) < 4.78 is 19.2. The maximum atomic E-state index is 13.7. The van der Waals surface area contributed by atoms with Crippen molar-refractivity contribution in [1.82, 2.24) is 15.6 Å². The van der Waals surface area contributed by atoms with Crippen LogP contribution in [-0.4, -0.2) is 29.0 Å². The number of carbonyl (C=O) groups is 2. The molecule has 0 radical (unpaired) electrons. The molecule has 1 aromatic heterocycles. The molecule has 1 aliphatic carbocycles. The van der Waals surface area contributed by atoms with Gasteiger partial charge in [0.1, 0.15) is 17.3 Å². The third-order valence-corrected chi connectivity index (χ3v) is 6.84. The molecule has 184 valence electrons. The summed E-state index contributed by atoms with van der Waals surface area (Å²) >= 11 is 1.28. The minimum atomic E-state index is -0.444. The third kappa shape index (κ3) is 6.57. The molecule has 7 nitrogen and oxygen atoms in total. The summed E-state index contributed by atoms with van der Waals surface area (Å²) in [5.74, 6) is -0.599. The first-order valence-electron chi connectivity index (χ1n) is 11.8. The Morgan fingerprint density at radius 2 is 1.77 bits per heavy atom. The van der Waals surface area contributed by atoms with E-state index in [0.717, 1.165) is 43.4 Å². The number of rotatable bonds is 8. The van der Waals surface area contributed by atoms with Crippen molar-refractivity contribution in [3.05, 3.63) is 76.0 Å². The van der Waals surface area contributed by atoms with Crippen LogP contribution in [-0.2, 0) is 13.0 Å². The highest BCUT2D eigenvalue weighted by Crippen LogP contribution is 2.22. The van der Waals surface area contributed by atoms with E-state index in [1.54, 1.807) is 23.6 Å². The quantitative estimate of drug-likeness (QED) is 0.395. The highest BCUT2D eigenvalue weighted by atomic mass is 32.1. The zero-order valence-electron chi connectivity index (χ0n) is 19.6. The fourth-order valence-corrected chi connectivity index (χ4v) is 4.86. The first-order chi connectivity index (χ1) is 17.0. The maximum absolute atomic E-state index is 13.7. The van der Waals surface area contributed by atoms with Crippen molar-refractivity contribution in [3.63, 3.8) is 0 Å². The molecular formula is C26H29FN4O3S. The van der Waals surface area contributed by atoms with Gasteiger partial charge in [-0.1, -0.05) is 50.1 Å². The number of hydrogen-bond donors (Lipinski definition) is 3. The number of aryl methyl sites for hydroxylation is 1. The van der Waals surface area contributed by atoms with E-state index < -0.39 is 5.82 Å². The van der Waals surface area contributed by atoms with Gasteiger partial charge in [0.2, 0.25) is 0 Å². The number of thiazole rings is 1. The second-order valence-corrected chi connectivity index (χ2v) is 9.37. The van der Waals surface area contributed by atoms with Crippen LogP contribution < -0.4 is 20.7 Å². The summed E-state index contributed by atoms with van der Waals surface area (Å²) in [5, 5.41) is 11.2. The molecule has 3 N–H and O–H groups in total. The number of halogens is 1. The van der Waals surface area contributed by atoms with Gasteiger partial charge in [-0.2, -0.15) is 0 Å². The third-order valence-electron chi connectivity index (χ3n) is 6.02. The number of aromatic nitrogens is 1. The molecule has 9 heteroatoms. The Morgan fingerprint density at radius 3 is 2.54 bits per heavy atom. The average molecular weight is 497 g/mol. The molecule has 1 fully saturated rings. The molecule has 2 aromatic carbocycles. The fraction of sp³-hybridized carbons (Fsp3) is 0.346. The van der Waals surface area contributed by atoms with Crippen LogP contribution in [0.1, 0.15) is 53.7 Å². The molecule has 2 unspecified atom stereocenters. The molecule has 0 spiro atoms. The normalized spacial score (nSPS) is 17.4. The number of urea groups is 1. The van der Waals surface area contributed by atoms with E-state index in [2.05, 4.69) is 20.9 Å². The van der Waals surface area contributed by atoms with Gasteiger partial charge >= 0.3 is 6.03 Å². The van der Waals surface area contributed by atoms with Crippen LogP contribution in [0.25, 0.3) is 0 Å². The Labute approximate surface area is 208 Å². The smallest absolute Gasteiger partial charge is 0.319 e. The Kier molecular flexibility index (Phi) is 8.31. The molecule has 3 aromatic rings. The molecule has 0 aliphatic heterocycles. The molecular weight excluding hydrogens is 467 g/mol. The zero-order chi connectivity index (χ0) is 24.6. The summed E-state index contributed by atoms with van der Waals surface area (Å²) in [4.78, 5) is 29.9. The largest absolute Gasteiger partial charge is 0.483 e. The van der Waals surface area contributed by atoms with Gasteiger partial charge < -0.3 is 20.7 Å². The molecule has 0 saturated heterocycles. The minimum absolute atomic E-state index is 0.0753. The average Bonchev–Trinajstić information content (AvgIpc) is 3.34. The SMILES string of the molecule is CCc1ccccc1NC(=O)NC1CCCCC1NC(=O)c1csc(COc2ccccc2F)n1. The van der Waals surface area contributed by atoms with Gasteiger partial charge in [0.25, 0.3) is 5.91 Å². The minimum Gasteiger partial charge on any atom is -0.483 e. The summed E-state index contributed by atoms with van der Waals surface area (Å²) in [6.45, 7) is 2.12. The zero-order valence-corrected chi connectivity index (χ0v) is 20.4. The van der Waals surface area contributed by atoms with Crippen molar-refractivity contribution in [1.29, 1.82) is 0 Å². The van der Waals surface area contributed by atoms with E-state index in [4.69, 9.17) is 4.74 Å². The summed E-state index contributed by atoms with van der Waals surface area (Å²) in [6.07, 6.45) is 4.33. The fourth-order valence-electron chi connectivity index (χ4n) is 4.18. The lowest BCUT2D eigenvalue weighted by atomic mass is 9.90. The first kappa shape index (κ1) is 24.7. The number of nitrogens with one attached hydrogen (secondary N) is 3. The van der Waals surface area contributed by atoms with E-state index in [1.807, 2.05) is 31.2 Å². The molecule has 35 heavy (non-hydrogen) atoms. The van der Waals surface area contributed by atoms with Gasteiger partial charge in [0.05, 0.1) is 6.04 Å². The Bertz CT molecular complexity index is 1170. The van der Waals surface area contributed by atoms with Crippen molar-refractivity contribution in [2.75, 3.05) is 5.32 Å². The maximum Gasteiger partial charge on any atom is 0.319 e. The molecule has 1 saturated carbocycles. The standard InChI is InChI=1S/C26H29FN4O3S/c1-2-17-9-3-5-11-19(17)30-26(33)31-21-13-7-6-12-20(21)29-25(32)22-16-35-24(28-22)15-34-23-14-8-4-10-18(23)27/h3-5,8-11,14,16,20-21H,2,6-7,12-13,15H2,1H3,(H,29,32)(H2,30,31,33). The van der Waals surface area contributed by atoms with E-state index in [0.29, 0.717) is 5.01 Å². The summed E-state index contributed by atoms with van der Waals surface area (Å²) in [5.41, 5.74) is 2.14. The van der Waals surface area contributed by atoms with Gasteiger partial charge in [0, 0.05) is 17.1 Å². The lowest BCUT2D eigenvalue weighted by Crippen LogP contribution is -2.54. The monoisotopic (exact) mass is 496 g/mol. The van der Waals surface area contributed by atoms with Crippen LogP contribution in [0.4, 0.5) is 14.9 Å². The van der Waals surface area contributed by atoms with E-state index >= 15 is 0 Å². The van der Waals surface area contributed by atoms with Gasteiger partial charge in [-0.3, -0.25) is 4.79 Å². The Morgan fingerprint density at radius 1 is 1.06 bits per heavy atom. The molecule has 1 aliphatic rings. The van der Waals surface area contributed by atoms with Crippen LogP contribution in [0, 0.1) is 5.82 Å². The Balaban J connectivity index is 1.33. The molecule has 1 heterocycles.